The molecule has 0 radical (unpaired) electrons. The summed E-state index contributed by atoms with van der Waals surface area (Å²) in [4.78, 5) is 0. The van der Waals surface area contributed by atoms with Gasteiger partial charge >= 0.3 is 0 Å². The number of nitrogens with one attached hydrogen (secondary N) is 1. The average Bonchev–Trinajstić information content (AvgIpc) is 2.62. The van der Waals surface area contributed by atoms with Crippen molar-refractivity contribution >= 4 is 0 Å². The molecule has 1 aromatic rings. The standard InChI is InChI=1S/C13H20N4/c1-17-10-11(9-15-17)13(8-14)16-12-6-4-2-3-5-7-12/h9-10,12-13,16H,2-7H2,1H3. The summed E-state index contributed by atoms with van der Waals surface area (Å²) in [6.07, 6.45) is 11.3. The summed E-state index contributed by atoms with van der Waals surface area (Å²) in [5, 5.41) is 16.8. The van der Waals surface area contributed by atoms with Crippen LogP contribution in [0.25, 0.3) is 0 Å². The fraction of sp³-hybridized carbons (Fsp3) is 0.692. The first-order chi connectivity index (χ1) is 8.29. The second kappa shape index (κ2) is 5.83. The van der Waals surface area contributed by atoms with Crippen LogP contribution in [0.1, 0.15) is 50.1 Å². The number of nitriles is 1. The Morgan fingerprint density at radius 2 is 2.12 bits per heavy atom. The van der Waals surface area contributed by atoms with Gasteiger partial charge in [0.15, 0.2) is 0 Å². The van der Waals surface area contributed by atoms with Crippen LogP contribution in [0, 0.1) is 11.3 Å². The number of nitrogens with zero attached hydrogens (tertiary/aromatic N) is 3. The van der Waals surface area contributed by atoms with Gasteiger partial charge in [-0.15, -0.1) is 0 Å². The molecular weight excluding hydrogens is 212 g/mol. The molecule has 1 N–H and O–H groups in total. The van der Waals surface area contributed by atoms with E-state index in [-0.39, 0.29) is 6.04 Å². The van der Waals surface area contributed by atoms with Crippen molar-refractivity contribution in [3.63, 3.8) is 0 Å². The third kappa shape index (κ3) is 3.31. The highest BCUT2D eigenvalue weighted by molar-refractivity contribution is 5.18. The van der Waals surface area contributed by atoms with E-state index in [1.54, 1.807) is 10.9 Å². The van der Waals surface area contributed by atoms with E-state index in [2.05, 4.69) is 16.5 Å². The van der Waals surface area contributed by atoms with Crippen LogP contribution in [0.15, 0.2) is 12.4 Å². The third-order valence-corrected chi connectivity index (χ3v) is 3.44. The van der Waals surface area contributed by atoms with E-state index in [1.165, 1.54) is 38.5 Å². The van der Waals surface area contributed by atoms with Crippen molar-refractivity contribution in [2.75, 3.05) is 0 Å². The van der Waals surface area contributed by atoms with Crippen molar-refractivity contribution in [2.24, 2.45) is 7.05 Å². The Kier molecular flexibility index (Phi) is 4.16. The van der Waals surface area contributed by atoms with E-state index in [1.807, 2.05) is 13.2 Å². The van der Waals surface area contributed by atoms with Crippen LogP contribution in [0.4, 0.5) is 0 Å². The zero-order valence-electron chi connectivity index (χ0n) is 10.4. The van der Waals surface area contributed by atoms with E-state index in [4.69, 9.17) is 0 Å². The molecule has 1 aromatic heterocycles. The maximum absolute atomic E-state index is 9.24. The lowest BCUT2D eigenvalue weighted by Crippen LogP contribution is -2.31. The Balaban J connectivity index is 1.97. The van der Waals surface area contributed by atoms with Crippen molar-refractivity contribution in [1.82, 2.24) is 15.1 Å². The number of aryl methyl sites for hydroxylation is 1. The minimum Gasteiger partial charge on any atom is -0.295 e. The molecule has 0 aliphatic heterocycles. The molecule has 1 heterocycles. The molecule has 1 aliphatic carbocycles. The van der Waals surface area contributed by atoms with Crippen molar-refractivity contribution in [3.05, 3.63) is 18.0 Å². The molecule has 0 bridgehead atoms. The molecule has 4 heteroatoms. The largest absolute Gasteiger partial charge is 0.295 e. The molecule has 17 heavy (non-hydrogen) atoms. The van der Waals surface area contributed by atoms with Gasteiger partial charge < -0.3 is 0 Å². The van der Waals surface area contributed by atoms with Crippen LogP contribution in [0.5, 0.6) is 0 Å². The summed E-state index contributed by atoms with van der Waals surface area (Å²) in [5.41, 5.74) is 0.972. The summed E-state index contributed by atoms with van der Waals surface area (Å²) >= 11 is 0. The molecular formula is C13H20N4. The summed E-state index contributed by atoms with van der Waals surface area (Å²) in [6.45, 7) is 0. The smallest absolute Gasteiger partial charge is 0.124 e. The molecule has 1 aliphatic rings. The highest BCUT2D eigenvalue weighted by Crippen LogP contribution is 2.20. The zero-order chi connectivity index (χ0) is 12.1. The van der Waals surface area contributed by atoms with Gasteiger partial charge in [0.2, 0.25) is 0 Å². The molecule has 0 aromatic carbocycles. The van der Waals surface area contributed by atoms with Crippen molar-refractivity contribution in [3.8, 4) is 6.07 Å². The Morgan fingerprint density at radius 1 is 1.41 bits per heavy atom. The van der Waals surface area contributed by atoms with Crippen molar-refractivity contribution in [1.29, 1.82) is 5.26 Å². The molecule has 0 amide bonds. The van der Waals surface area contributed by atoms with E-state index in [0.29, 0.717) is 6.04 Å². The average molecular weight is 232 g/mol. The second-order valence-electron chi connectivity index (χ2n) is 4.86. The van der Waals surface area contributed by atoms with Gasteiger partial charge in [-0.1, -0.05) is 25.7 Å². The van der Waals surface area contributed by atoms with E-state index >= 15 is 0 Å². The summed E-state index contributed by atoms with van der Waals surface area (Å²) in [5.74, 6) is 0. The van der Waals surface area contributed by atoms with E-state index < -0.39 is 0 Å². The molecule has 2 rings (SSSR count). The molecule has 4 nitrogen and oxygen atoms in total. The second-order valence-corrected chi connectivity index (χ2v) is 4.86. The van der Waals surface area contributed by atoms with Crippen LogP contribution in [-0.2, 0) is 7.05 Å². The van der Waals surface area contributed by atoms with Gasteiger partial charge in [0.1, 0.15) is 6.04 Å². The quantitative estimate of drug-likeness (QED) is 0.813. The SMILES string of the molecule is Cn1cc(C(C#N)NC2CCCCCC2)cn1. The third-order valence-electron chi connectivity index (χ3n) is 3.44. The first-order valence-corrected chi connectivity index (χ1v) is 6.44. The number of rotatable bonds is 3. The van der Waals surface area contributed by atoms with E-state index in [9.17, 15) is 5.26 Å². The van der Waals surface area contributed by atoms with Crippen LogP contribution in [-0.4, -0.2) is 15.8 Å². The Labute approximate surface area is 103 Å². The summed E-state index contributed by atoms with van der Waals surface area (Å²) in [7, 11) is 1.88. The first kappa shape index (κ1) is 12.1. The number of hydrogen-bond acceptors (Lipinski definition) is 3. The topological polar surface area (TPSA) is 53.6 Å². The monoisotopic (exact) mass is 232 g/mol. The van der Waals surface area contributed by atoms with Crippen LogP contribution in [0.3, 0.4) is 0 Å². The molecule has 1 saturated carbocycles. The van der Waals surface area contributed by atoms with Gasteiger partial charge in [-0.3, -0.25) is 10.00 Å². The molecule has 1 atom stereocenters. The van der Waals surface area contributed by atoms with E-state index in [0.717, 1.165) is 5.56 Å². The lowest BCUT2D eigenvalue weighted by molar-refractivity contribution is 0.436. The molecule has 0 saturated heterocycles. The van der Waals surface area contributed by atoms with Gasteiger partial charge in [0.05, 0.1) is 12.3 Å². The molecule has 0 spiro atoms. The highest BCUT2D eigenvalue weighted by atomic mass is 15.2. The Hall–Kier alpha value is -1.34. The normalized spacial score (nSPS) is 19.5. The van der Waals surface area contributed by atoms with Crippen LogP contribution >= 0.6 is 0 Å². The summed E-state index contributed by atoms with van der Waals surface area (Å²) in [6, 6.07) is 2.61. The minimum absolute atomic E-state index is 0.216. The Morgan fingerprint density at radius 3 is 2.65 bits per heavy atom. The van der Waals surface area contributed by atoms with Crippen LogP contribution < -0.4 is 5.32 Å². The lowest BCUT2D eigenvalue weighted by Gasteiger charge is -2.19. The Bertz CT molecular complexity index is 382. The van der Waals surface area contributed by atoms with Gasteiger partial charge in [0.25, 0.3) is 0 Å². The number of hydrogen-bond donors (Lipinski definition) is 1. The van der Waals surface area contributed by atoms with Gasteiger partial charge in [-0.25, -0.2) is 0 Å². The molecule has 1 unspecified atom stereocenters. The lowest BCUT2D eigenvalue weighted by atomic mass is 10.1. The molecule has 1 fully saturated rings. The minimum atomic E-state index is -0.216. The van der Waals surface area contributed by atoms with Gasteiger partial charge in [0, 0.05) is 24.8 Å². The maximum Gasteiger partial charge on any atom is 0.124 e. The zero-order valence-corrected chi connectivity index (χ0v) is 10.4. The number of aromatic nitrogens is 2. The maximum atomic E-state index is 9.24. The first-order valence-electron chi connectivity index (χ1n) is 6.44. The predicted octanol–water partition coefficient (Wildman–Crippen LogP) is 2.30. The van der Waals surface area contributed by atoms with Gasteiger partial charge in [-0.2, -0.15) is 10.4 Å². The van der Waals surface area contributed by atoms with Crippen LogP contribution in [0.2, 0.25) is 0 Å². The molecule has 92 valence electrons. The van der Waals surface area contributed by atoms with Crippen molar-refractivity contribution in [2.45, 2.75) is 50.6 Å². The van der Waals surface area contributed by atoms with Crippen molar-refractivity contribution < 1.29 is 0 Å². The fourth-order valence-corrected chi connectivity index (χ4v) is 2.48. The van der Waals surface area contributed by atoms with Gasteiger partial charge in [-0.05, 0) is 12.8 Å². The summed E-state index contributed by atoms with van der Waals surface area (Å²) < 4.78 is 1.74. The highest BCUT2D eigenvalue weighted by Gasteiger charge is 2.18. The fourth-order valence-electron chi connectivity index (χ4n) is 2.48. The predicted molar refractivity (Wildman–Crippen MR) is 66.2 cm³/mol.